The van der Waals surface area contributed by atoms with Crippen molar-refractivity contribution in [1.82, 2.24) is 0 Å². The van der Waals surface area contributed by atoms with E-state index in [1.165, 1.54) is 80.6 Å². The molecule has 16 heteroatoms. The molecule has 2 heterocycles. The Morgan fingerprint density at radius 1 is 0.659 bits per heavy atom. The lowest BCUT2D eigenvalue weighted by Gasteiger charge is -2.21. The van der Waals surface area contributed by atoms with Gasteiger partial charge in [0.2, 0.25) is 0 Å². The van der Waals surface area contributed by atoms with Crippen LogP contribution in [0.1, 0.15) is 75.8 Å². The number of fused-ring (bicyclic) bond motifs is 3. The number of rotatable bonds is 13. The second-order valence-corrected chi connectivity index (χ2v) is 15.7. The van der Waals surface area contributed by atoms with Crippen LogP contribution in [0.4, 0.5) is 22.7 Å². The van der Waals surface area contributed by atoms with E-state index in [0.29, 0.717) is 15.1 Å². The smallest absolute Gasteiger partial charge is 0.258 e. The van der Waals surface area contributed by atoms with Crippen LogP contribution in [0.3, 0.4) is 0 Å². The van der Waals surface area contributed by atoms with Crippen LogP contribution >= 0.6 is 47.0 Å². The van der Waals surface area contributed by atoms with Crippen molar-refractivity contribution in [2.75, 3.05) is 5.75 Å². The third-order valence-corrected chi connectivity index (χ3v) is 13.7. The zero-order valence-electron chi connectivity index (χ0n) is 23.6. The van der Waals surface area contributed by atoms with Gasteiger partial charge in [0.15, 0.2) is 0 Å². The molecule has 12 nitrogen and oxygen atoms in total. The Labute approximate surface area is 269 Å². The van der Waals surface area contributed by atoms with E-state index >= 15 is 0 Å². The van der Waals surface area contributed by atoms with Crippen LogP contribution in [0.2, 0.25) is 0 Å². The van der Waals surface area contributed by atoms with E-state index in [0.717, 1.165) is 39.2 Å². The second kappa shape index (κ2) is 13.9. The highest BCUT2D eigenvalue weighted by Gasteiger charge is 2.43. The summed E-state index contributed by atoms with van der Waals surface area (Å²) in [5.41, 5.74) is -2.21. The summed E-state index contributed by atoms with van der Waals surface area (Å²) >= 11 is 6.30. The van der Waals surface area contributed by atoms with Crippen molar-refractivity contribution in [3.63, 3.8) is 0 Å². The van der Waals surface area contributed by atoms with Crippen LogP contribution in [0.15, 0.2) is 37.0 Å². The molecule has 5 rings (SSSR count). The van der Waals surface area contributed by atoms with Crippen molar-refractivity contribution in [1.29, 1.82) is 0 Å². The van der Waals surface area contributed by atoms with Crippen LogP contribution in [-0.2, 0) is 0 Å². The molecule has 0 aromatic heterocycles. The maximum absolute atomic E-state index is 12.1. The molecule has 44 heavy (non-hydrogen) atoms. The highest BCUT2D eigenvalue weighted by molar-refractivity contribution is 8.41. The van der Waals surface area contributed by atoms with Crippen LogP contribution in [0.5, 0.6) is 0 Å². The van der Waals surface area contributed by atoms with E-state index in [1.54, 1.807) is 23.5 Å². The molecule has 2 aliphatic heterocycles. The first kappa shape index (κ1) is 32.3. The normalized spacial score (nSPS) is 17.0. The predicted molar refractivity (Wildman–Crippen MR) is 178 cm³/mol. The van der Waals surface area contributed by atoms with Crippen LogP contribution in [-0.4, -0.2) is 30.7 Å². The van der Waals surface area contributed by atoms with E-state index in [1.807, 2.05) is 0 Å². The molecule has 3 aliphatic rings. The second-order valence-electron chi connectivity index (χ2n) is 10.6. The van der Waals surface area contributed by atoms with E-state index in [-0.39, 0.29) is 22.3 Å². The van der Waals surface area contributed by atoms with E-state index in [9.17, 15) is 40.5 Å². The molecule has 2 aromatic rings. The predicted octanol–water partition coefficient (Wildman–Crippen LogP) is 10.0. The maximum atomic E-state index is 12.1. The molecule has 0 bridgehead atoms. The minimum Gasteiger partial charge on any atom is -0.258 e. The van der Waals surface area contributed by atoms with Gasteiger partial charge in [-0.1, -0.05) is 81.8 Å². The molecule has 0 fully saturated rings. The minimum absolute atomic E-state index is 0.0878. The average Bonchev–Trinajstić information content (AvgIpc) is 3.55. The Bertz CT molecular complexity index is 1540. The summed E-state index contributed by atoms with van der Waals surface area (Å²) in [4.78, 5) is 44.6. The number of hydrogen-bond donors (Lipinski definition) is 0. The quantitative estimate of drug-likeness (QED) is 0.0953. The first-order valence-corrected chi connectivity index (χ1v) is 17.7. The third kappa shape index (κ3) is 6.62. The van der Waals surface area contributed by atoms with Crippen molar-refractivity contribution in [2.45, 2.75) is 70.0 Å². The van der Waals surface area contributed by atoms with Crippen molar-refractivity contribution < 1.29 is 19.7 Å². The standard InChI is InChI=1S/C28H28N4O8S4/c1-2-3-4-5-6-7-8-9-10-18-15-41-27-28(42-18)44-26(43-27)23-19-11-16(29(33)34)13-21(31(37)38)24(19)25-20(23)12-17(30(35)36)14-22(25)32(39)40/h11-14,18H,2-10,15H2,1H3/t18-/m1/s1. The van der Waals surface area contributed by atoms with Crippen LogP contribution in [0, 0.1) is 40.5 Å². The van der Waals surface area contributed by atoms with Gasteiger partial charge >= 0.3 is 0 Å². The molecule has 2 aromatic carbocycles. The van der Waals surface area contributed by atoms with Gasteiger partial charge in [-0.15, -0.1) is 23.5 Å². The lowest BCUT2D eigenvalue weighted by molar-refractivity contribution is -0.395. The molecule has 1 atom stereocenters. The first-order chi connectivity index (χ1) is 21.1. The Morgan fingerprint density at radius 2 is 1.16 bits per heavy atom. The summed E-state index contributed by atoms with van der Waals surface area (Å²) in [6, 6.07) is 3.90. The minimum atomic E-state index is -0.811. The largest absolute Gasteiger partial charge is 0.284 e. The summed E-state index contributed by atoms with van der Waals surface area (Å²) in [6.07, 6.45) is 11.0. The van der Waals surface area contributed by atoms with Crippen LogP contribution in [0.25, 0.3) is 16.7 Å². The molecule has 0 amide bonds. The Hall–Kier alpha value is -3.08. The number of nitrogens with zero attached hydrogens (tertiary/aromatic N) is 4. The summed E-state index contributed by atoms with van der Waals surface area (Å²) < 4.78 is 2.71. The SMILES string of the molecule is CCCCCCCCCC[C@@H]1CSC2=C(SC(=C3c4cc([N+](=O)[O-])cc([N+](=O)[O-])c4-c4c3cc([N+](=O)[O-])cc4[N+](=O)[O-])S2)S1. The number of nitro benzene ring substituents is 4. The zero-order chi connectivity index (χ0) is 31.5. The number of nitro groups is 4. The molecule has 0 radical (unpaired) electrons. The number of hydrogen-bond acceptors (Lipinski definition) is 12. The van der Waals surface area contributed by atoms with Gasteiger partial charge in [0.1, 0.15) is 0 Å². The molecule has 1 aliphatic carbocycles. The van der Waals surface area contributed by atoms with E-state index in [2.05, 4.69) is 6.92 Å². The number of non-ortho nitro benzene ring substituents is 2. The van der Waals surface area contributed by atoms with Crippen molar-refractivity contribution in [3.05, 3.63) is 88.6 Å². The van der Waals surface area contributed by atoms with E-state index in [4.69, 9.17) is 0 Å². The molecule has 0 unspecified atom stereocenters. The summed E-state index contributed by atoms with van der Waals surface area (Å²) in [5.74, 6) is 0.914. The zero-order valence-corrected chi connectivity index (χ0v) is 26.9. The molecule has 232 valence electrons. The number of unbranched alkanes of at least 4 members (excludes halogenated alkanes) is 7. The van der Waals surface area contributed by atoms with Crippen molar-refractivity contribution in [2.24, 2.45) is 0 Å². The number of benzene rings is 2. The van der Waals surface area contributed by atoms with Gasteiger partial charge in [-0.25, -0.2) is 0 Å². The molecular formula is C28H28N4O8S4. The van der Waals surface area contributed by atoms with Gasteiger partial charge in [0.05, 0.1) is 55.7 Å². The Morgan fingerprint density at radius 3 is 1.66 bits per heavy atom. The molecule has 0 spiro atoms. The highest BCUT2D eigenvalue weighted by atomic mass is 32.3. The van der Waals surface area contributed by atoms with Gasteiger partial charge in [-0.3, -0.25) is 40.5 Å². The monoisotopic (exact) mass is 676 g/mol. The maximum Gasteiger partial charge on any atom is 0.284 e. The number of thioether (sulfide) groups is 4. The summed E-state index contributed by atoms with van der Waals surface area (Å²) in [6.45, 7) is 2.21. The third-order valence-electron chi connectivity index (χ3n) is 7.60. The fourth-order valence-electron chi connectivity index (χ4n) is 5.54. The molecule has 0 saturated heterocycles. The van der Waals surface area contributed by atoms with Gasteiger partial charge in [-0.05, 0) is 6.42 Å². The molecule has 0 N–H and O–H groups in total. The molecule has 0 saturated carbocycles. The Balaban J connectivity index is 1.48. The first-order valence-electron chi connectivity index (χ1n) is 14.2. The van der Waals surface area contributed by atoms with Gasteiger partial charge in [0, 0.05) is 39.8 Å². The van der Waals surface area contributed by atoms with Crippen molar-refractivity contribution >= 4 is 75.4 Å². The lowest BCUT2D eigenvalue weighted by atomic mass is 10.0. The van der Waals surface area contributed by atoms with Gasteiger partial charge < -0.3 is 0 Å². The summed E-state index contributed by atoms with van der Waals surface area (Å²) in [7, 11) is 0. The van der Waals surface area contributed by atoms with Crippen molar-refractivity contribution in [3.8, 4) is 11.1 Å². The lowest BCUT2D eigenvalue weighted by Crippen LogP contribution is -2.09. The summed E-state index contributed by atoms with van der Waals surface area (Å²) in [5, 5.41) is 48.2. The fraction of sp³-hybridized carbons (Fsp3) is 0.429. The highest BCUT2D eigenvalue weighted by Crippen LogP contribution is 2.66. The van der Waals surface area contributed by atoms with Crippen LogP contribution < -0.4 is 0 Å². The molecular weight excluding hydrogens is 649 g/mol. The van der Waals surface area contributed by atoms with E-state index < -0.39 is 42.4 Å². The Kier molecular flexibility index (Phi) is 10.2. The van der Waals surface area contributed by atoms with Gasteiger partial charge in [-0.2, -0.15) is 0 Å². The topological polar surface area (TPSA) is 173 Å². The average molecular weight is 677 g/mol. The fourth-order valence-corrected chi connectivity index (χ4v) is 12.1. The van der Waals surface area contributed by atoms with Gasteiger partial charge in [0.25, 0.3) is 22.7 Å².